The van der Waals surface area contributed by atoms with Crippen LogP contribution in [0.1, 0.15) is 41.3 Å². The highest BCUT2D eigenvalue weighted by molar-refractivity contribution is 6.07. The van der Waals surface area contributed by atoms with Gasteiger partial charge in [-0.15, -0.1) is 0 Å². The molecule has 2 aromatic rings. The molecule has 0 spiro atoms. The molecule has 108 valence electrons. The summed E-state index contributed by atoms with van der Waals surface area (Å²) in [7, 11) is 0. The zero-order valence-electron chi connectivity index (χ0n) is 12.5. The van der Waals surface area contributed by atoms with E-state index in [1.165, 1.54) is 5.56 Å². The van der Waals surface area contributed by atoms with Crippen LogP contribution in [-0.4, -0.2) is 12.5 Å². The number of benzene rings is 2. The Kier molecular flexibility index (Phi) is 3.42. The first-order chi connectivity index (χ1) is 10.1. The highest BCUT2D eigenvalue weighted by atomic mass is 16.2. The van der Waals surface area contributed by atoms with Crippen LogP contribution in [0.2, 0.25) is 0 Å². The Bertz CT molecular complexity index is 674. The van der Waals surface area contributed by atoms with Gasteiger partial charge in [0.2, 0.25) is 0 Å². The van der Waals surface area contributed by atoms with E-state index in [0.29, 0.717) is 12.5 Å². The summed E-state index contributed by atoms with van der Waals surface area (Å²) >= 11 is 0. The lowest BCUT2D eigenvalue weighted by Gasteiger charge is -2.18. The minimum absolute atomic E-state index is 0.0506. The third-order valence-electron chi connectivity index (χ3n) is 4.13. The van der Waals surface area contributed by atoms with Gasteiger partial charge in [0.1, 0.15) is 0 Å². The van der Waals surface area contributed by atoms with Gasteiger partial charge < -0.3 is 10.6 Å². The zero-order chi connectivity index (χ0) is 15.0. The fourth-order valence-electron chi connectivity index (χ4n) is 2.84. The van der Waals surface area contributed by atoms with Gasteiger partial charge in [-0.2, -0.15) is 0 Å². The number of carbonyl (C=O) groups is 1. The predicted octanol–water partition coefficient (Wildman–Crippen LogP) is 3.60. The third kappa shape index (κ3) is 2.40. The number of rotatable bonds is 2. The van der Waals surface area contributed by atoms with E-state index in [0.717, 1.165) is 28.9 Å². The van der Waals surface area contributed by atoms with Crippen molar-refractivity contribution in [1.29, 1.82) is 0 Å². The first-order valence-electron chi connectivity index (χ1n) is 7.37. The van der Waals surface area contributed by atoms with Gasteiger partial charge in [-0.1, -0.05) is 32.0 Å². The second-order valence-corrected chi connectivity index (χ2v) is 5.83. The largest absolute Gasteiger partial charge is 0.398 e. The Morgan fingerprint density at radius 2 is 1.86 bits per heavy atom. The summed E-state index contributed by atoms with van der Waals surface area (Å²) in [5.74, 6) is 0.524. The van der Waals surface area contributed by atoms with E-state index in [1.807, 2.05) is 47.4 Å². The highest BCUT2D eigenvalue weighted by Gasteiger charge is 2.26. The quantitative estimate of drug-likeness (QED) is 0.854. The number of nitrogens with zero attached hydrogens (tertiary/aromatic N) is 1. The maximum absolute atomic E-state index is 12.7. The molecule has 2 aromatic carbocycles. The number of hydrogen-bond acceptors (Lipinski definition) is 2. The van der Waals surface area contributed by atoms with Gasteiger partial charge in [0.15, 0.2) is 0 Å². The molecule has 2 N–H and O–H groups in total. The van der Waals surface area contributed by atoms with Gasteiger partial charge in [-0.05, 0) is 42.2 Å². The number of carbonyl (C=O) groups excluding carboxylic acids is 1. The summed E-state index contributed by atoms with van der Waals surface area (Å²) in [6.07, 6.45) is 0.831. The lowest BCUT2D eigenvalue weighted by atomic mass is 10.0. The molecule has 21 heavy (non-hydrogen) atoms. The van der Waals surface area contributed by atoms with Crippen molar-refractivity contribution < 1.29 is 4.79 Å². The summed E-state index contributed by atoms with van der Waals surface area (Å²) in [6, 6.07) is 13.7. The highest BCUT2D eigenvalue weighted by Crippen LogP contribution is 2.33. The molecule has 3 nitrogen and oxygen atoms in total. The average molecular weight is 280 g/mol. The fourth-order valence-corrected chi connectivity index (χ4v) is 2.84. The minimum atomic E-state index is 0.0506. The molecule has 0 saturated heterocycles. The minimum Gasteiger partial charge on any atom is -0.398 e. The van der Waals surface area contributed by atoms with Crippen molar-refractivity contribution in [1.82, 2.24) is 0 Å². The Labute approximate surface area is 125 Å². The fraction of sp³-hybridized carbons (Fsp3) is 0.278. The van der Waals surface area contributed by atoms with Crippen LogP contribution >= 0.6 is 0 Å². The first kappa shape index (κ1) is 13.7. The van der Waals surface area contributed by atoms with Gasteiger partial charge in [-0.25, -0.2) is 0 Å². The van der Waals surface area contributed by atoms with Crippen molar-refractivity contribution in [3.63, 3.8) is 0 Å². The third-order valence-corrected chi connectivity index (χ3v) is 4.13. The maximum Gasteiger partial charge on any atom is 0.258 e. The molecule has 3 rings (SSSR count). The molecule has 0 atom stereocenters. The summed E-state index contributed by atoms with van der Waals surface area (Å²) in [6.45, 7) is 5.00. The number of fused-ring (bicyclic) bond motifs is 1. The topological polar surface area (TPSA) is 46.3 Å². The Hall–Kier alpha value is -2.29. The molecular weight excluding hydrogens is 260 g/mol. The summed E-state index contributed by atoms with van der Waals surface area (Å²) in [5, 5.41) is 0. The monoisotopic (exact) mass is 280 g/mol. The van der Waals surface area contributed by atoms with Crippen molar-refractivity contribution in [2.24, 2.45) is 0 Å². The molecular formula is C18H20N2O. The van der Waals surface area contributed by atoms with Crippen molar-refractivity contribution in [2.45, 2.75) is 26.2 Å². The van der Waals surface area contributed by atoms with Crippen molar-refractivity contribution >= 4 is 17.3 Å². The number of anilines is 2. The Morgan fingerprint density at radius 1 is 1.14 bits per heavy atom. The van der Waals surface area contributed by atoms with Crippen LogP contribution in [0.25, 0.3) is 0 Å². The summed E-state index contributed by atoms with van der Waals surface area (Å²) in [4.78, 5) is 14.5. The molecule has 0 radical (unpaired) electrons. The second kappa shape index (κ2) is 5.24. The van der Waals surface area contributed by atoms with E-state index >= 15 is 0 Å². The van der Waals surface area contributed by atoms with Gasteiger partial charge in [0, 0.05) is 29.0 Å². The van der Waals surface area contributed by atoms with Crippen LogP contribution in [0.5, 0.6) is 0 Å². The molecule has 0 aromatic heterocycles. The van der Waals surface area contributed by atoms with E-state index in [9.17, 15) is 4.79 Å². The molecule has 1 heterocycles. The number of nitrogens with two attached hydrogens (primary N) is 1. The smallest absolute Gasteiger partial charge is 0.258 e. The standard InChI is InChI=1S/C18H20N2O/c1-12(2)13-6-8-14(9-7-13)18(21)20-11-10-15-16(19)4-3-5-17(15)20/h3-9,12H,10-11,19H2,1-2H3. The van der Waals surface area contributed by atoms with Crippen molar-refractivity contribution in [2.75, 3.05) is 17.2 Å². The summed E-state index contributed by atoms with van der Waals surface area (Å²) < 4.78 is 0. The number of nitrogen functional groups attached to an aromatic ring is 1. The van der Waals surface area contributed by atoms with Crippen molar-refractivity contribution in [3.05, 3.63) is 59.2 Å². The van der Waals surface area contributed by atoms with E-state index < -0.39 is 0 Å². The maximum atomic E-state index is 12.7. The molecule has 0 bridgehead atoms. The first-order valence-corrected chi connectivity index (χ1v) is 7.37. The Balaban J connectivity index is 1.89. The van der Waals surface area contributed by atoms with Crippen LogP contribution in [0.3, 0.4) is 0 Å². The van der Waals surface area contributed by atoms with Crippen molar-refractivity contribution in [3.8, 4) is 0 Å². The van der Waals surface area contributed by atoms with E-state index in [1.54, 1.807) is 0 Å². The molecule has 3 heteroatoms. The van der Waals surface area contributed by atoms with E-state index in [4.69, 9.17) is 5.73 Å². The normalized spacial score (nSPS) is 13.6. The number of amides is 1. The molecule has 0 unspecified atom stereocenters. The van der Waals surface area contributed by atoms with Crippen LogP contribution in [0.15, 0.2) is 42.5 Å². The van der Waals surface area contributed by atoms with Crippen LogP contribution < -0.4 is 10.6 Å². The second-order valence-electron chi connectivity index (χ2n) is 5.83. The van der Waals surface area contributed by atoms with Gasteiger partial charge in [0.25, 0.3) is 5.91 Å². The predicted molar refractivity (Wildman–Crippen MR) is 86.8 cm³/mol. The molecule has 0 saturated carbocycles. The van der Waals surface area contributed by atoms with E-state index in [-0.39, 0.29) is 5.91 Å². The van der Waals surface area contributed by atoms with Crippen LogP contribution in [-0.2, 0) is 6.42 Å². The van der Waals surface area contributed by atoms with Crippen LogP contribution in [0.4, 0.5) is 11.4 Å². The SMILES string of the molecule is CC(C)c1ccc(C(=O)N2CCc3c(N)cccc32)cc1. The van der Waals surface area contributed by atoms with Gasteiger partial charge >= 0.3 is 0 Å². The molecule has 1 aliphatic rings. The molecule has 0 aliphatic carbocycles. The molecule has 1 aliphatic heterocycles. The van der Waals surface area contributed by atoms with Crippen LogP contribution in [0, 0.1) is 0 Å². The average Bonchev–Trinajstić information content (AvgIpc) is 2.92. The lowest BCUT2D eigenvalue weighted by molar-refractivity contribution is 0.0989. The Morgan fingerprint density at radius 3 is 2.52 bits per heavy atom. The molecule has 1 amide bonds. The number of hydrogen-bond donors (Lipinski definition) is 1. The van der Waals surface area contributed by atoms with Gasteiger partial charge in [0.05, 0.1) is 0 Å². The summed E-state index contributed by atoms with van der Waals surface area (Å²) in [5.41, 5.74) is 10.8. The lowest BCUT2D eigenvalue weighted by Crippen LogP contribution is -2.28. The van der Waals surface area contributed by atoms with E-state index in [2.05, 4.69) is 13.8 Å². The molecule has 0 fully saturated rings. The zero-order valence-corrected chi connectivity index (χ0v) is 12.5. The van der Waals surface area contributed by atoms with Gasteiger partial charge in [-0.3, -0.25) is 4.79 Å².